The van der Waals surface area contributed by atoms with Crippen LogP contribution in [0.25, 0.3) is 0 Å². The molecule has 0 N–H and O–H groups in total. The molecule has 0 aliphatic carbocycles. The van der Waals surface area contributed by atoms with Crippen LogP contribution in [0.4, 0.5) is 0 Å². The summed E-state index contributed by atoms with van der Waals surface area (Å²) in [5.74, 6) is -0.634. The number of rotatable bonds is 7. The normalized spacial score (nSPS) is 13.2. The van der Waals surface area contributed by atoms with Gasteiger partial charge in [-0.1, -0.05) is 42.5 Å². The number of Topliss-reactive ketones (excluding diaryl/α,β-unsaturated/α-hetero) is 1. The van der Waals surface area contributed by atoms with Crippen LogP contribution in [-0.4, -0.2) is 25.3 Å². The average molecular weight is 300 g/mol. The summed E-state index contributed by atoms with van der Waals surface area (Å²) in [7, 11) is 1.55. The summed E-state index contributed by atoms with van der Waals surface area (Å²) in [5.41, 5.74) is 0.536. The fraction of sp³-hybridized carbons (Fsp3) is 0.278. The summed E-state index contributed by atoms with van der Waals surface area (Å²) in [6.07, 6.45) is 0. The molecule has 1 unspecified atom stereocenters. The Hall–Kier alpha value is -2.33. The molecule has 1 atom stereocenters. The number of hydrogen-bond donors (Lipinski definition) is 0. The van der Waals surface area contributed by atoms with Crippen LogP contribution in [0.15, 0.2) is 54.6 Å². The predicted octanol–water partition coefficient (Wildman–Crippen LogP) is 3.71. The van der Waals surface area contributed by atoms with Gasteiger partial charge in [0.25, 0.3) is 5.79 Å². The van der Waals surface area contributed by atoms with E-state index in [1.807, 2.05) is 37.3 Å². The molecule has 116 valence electrons. The summed E-state index contributed by atoms with van der Waals surface area (Å²) >= 11 is 0. The molecule has 0 spiro atoms. The monoisotopic (exact) mass is 300 g/mol. The number of para-hydroxylation sites is 2. The number of methoxy groups -OCH3 is 1. The SMILES string of the molecule is CCOC(C)(Oc1ccccc1OC)C(=O)c1ccccc1. The van der Waals surface area contributed by atoms with Crippen LogP contribution < -0.4 is 9.47 Å². The van der Waals surface area contributed by atoms with Crippen LogP contribution in [-0.2, 0) is 4.74 Å². The first-order valence-electron chi connectivity index (χ1n) is 7.16. The lowest BCUT2D eigenvalue weighted by Crippen LogP contribution is -2.44. The van der Waals surface area contributed by atoms with Crippen LogP contribution in [0.1, 0.15) is 24.2 Å². The minimum Gasteiger partial charge on any atom is -0.493 e. The fourth-order valence-corrected chi connectivity index (χ4v) is 2.18. The maximum absolute atomic E-state index is 12.8. The topological polar surface area (TPSA) is 44.8 Å². The van der Waals surface area contributed by atoms with Crippen molar-refractivity contribution in [3.63, 3.8) is 0 Å². The standard InChI is InChI=1S/C18H20O4/c1-4-21-18(2,17(19)14-10-6-5-7-11-14)22-16-13-9-8-12-15(16)20-3/h5-13H,4H2,1-3H3. The molecule has 0 bridgehead atoms. The summed E-state index contributed by atoms with van der Waals surface area (Å²) in [6, 6.07) is 16.1. The van der Waals surface area contributed by atoms with Crippen molar-refractivity contribution in [1.29, 1.82) is 0 Å². The van der Waals surface area contributed by atoms with Crippen molar-refractivity contribution in [2.75, 3.05) is 13.7 Å². The van der Waals surface area contributed by atoms with Crippen LogP contribution in [0, 0.1) is 0 Å². The molecule has 0 saturated carbocycles. The van der Waals surface area contributed by atoms with Crippen LogP contribution in [0.3, 0.4) is 0 Å². The fourth-order valence-electron chi connectivity index (χ4n) is 2.18. The van der Waals surface area contributed by atoms with Crippen molar-refractivity contribution >= 4 is 5.78 Å². The third kappa shape index (κ3) is 3.46. The molecule has 2 aromatic rings. The zero-order valence-corrected chi connectivity index (χ0v) is 13.0. The second kappa shape index (κ2) is 7.09. The van der Waals surface area contributed by atoms with Gasteiger partial charge < -0.3 is 14.2 Å². The highest BCUT2D eigenvalue weighted by Gasteiger charge is 2.38. The van der Waals surface area contributed by atoms with Gasteiger partial charge in [0.1, 0.15) is 0 Å². The van der Waals surface area contributed by atoms with Gasteiger partial charge in [0.15, 0.2) is 11.5 Å². The van der Waals surface area contributed by atoms with E-state index in [0.29, 0.717) is 23.7 Å². The van der Waals surface area contributed by atoms with Crippen molar-refractivity contribution in [2.45, 2.75) is 19.6 Å². The van der Waals surface area contributed by atoms with E-state index in [2.05, 4.69) is 0 Å². The maximum atomic E-state index is 12.8. The van der Waals surface area contributed by atoms with Gasteiger partial charge in [-0.2, -0.15) is 0 Å². The highest BCUT2D eigenvalue weighted by atomic mass is 16.7. The van der Waals surface area contributed by atoms with Crippen molar-refractivity contribution in [3.05, 3.63) is 60.2 Å². The maximum Gasteiger partial charge on any atom is 0.272 e. The number of carbonyl (C=O) groups is 1. The molecule has 0 amide bonds. The first kappa shape index (κ1) is 16.0. The second-order valence-corrected chi connectivity index (χ2v) is 4.83. The average Bonchev–Trinajstić information content (AvgIpc) is 2.55. The molecular weight excluding hydrogens is 280 g/mol. The van der Waals surface area contributed by atoms with Crippen molar-refractivity contribution in [3.8, 4) is 11.5 Å². The van der Waals surface area contributed by atoms with Gasteiger partial charge in [-0.05, 0) is 19.1 Å². The summed E-state index contributed by atoms with van der Waals surface area (Å²) in [4.78, 5) is 12.8. The molecule has 4 nitrogen and oxygen atoms in total. The Bertz CT molecular complexity index is 624. The van der Waals surface area contributed by atoms with Crippen LogP contribution in [0.2, 0.25) is 0 Å². The highest BCUT2D eigenvalue weighted by molar-refractivity contribution is 6.01. The minimum absolute atomic E-state index is 0.235. The van der Waals surface area contributed by atoms with E-state index < -0.39 is 5.79 Å². The van der Waals surface area contributed by atoms with Crippen molar-refractivity contribution < 1.29 is 19.0 Å². The predicted molar refractivity (Wildman–Crippen MR) is 84.4 cm³/mol. The van der Waals surface area contributed by atoms with E-state index >= 15 is 0 Å². The van der Waals surface area contributed by atoms with Crippen LogP contribution in [0.5, 0.6) is 11.5 Å². The van der Waals surface area contributed by atoms with E-state index in [-0.39, 0.29) is 5.78 Å². The van der Waals surface area contributed by atoms with Crippen molar-refractivity contribution in [2.24, 2.45) is 0 Å². The van der Waals surface area contributed by atoms with Gasteiger partial charge >= 0.3 is 0 Å². The molecule has 0 heterocycles. The quantitative estimate of drug-likeness (QED) is 0.577. The molecule has 2 aromatic carbocycles. The summed E-state index contributed by atoms with van der Waals surface area (Å²) in [5, 5.41) is 0. The van der Waals surface area contributed by atoms with Crippen molar-refractivity contribution in [1.82, 2.24) is 0 Å². The molecule has 0 aromatic heterocycles. The molecule has 0 aliphatic rings. The number of hydrogen-bond acceptors (Lipinski definition) is 4. The van der Waals surface area contributed by atoms with E-state index in [1.54, 1.807) is 38.3 Å². The zero-order valence-electron chi connectivity index (χ0n) is 13.0. The molecular formula is C18H20O4. The molecule has 22 heavy (non-hydrogen) atoms. The second-order valence-electron chi connectivity index (χ2n) is 4.83. The lowest BCUT2D eigenvalue weighted by atomic mass is 10.0. The van der Waals surface area contributed by atoms with E-state index in [4.69, 9.17) is 14.2 Å². The Balaban J connectivity index is 2.34. The van der Waals surface area contributed by atoms with Gasteiger partial charge in [-0.25, -0.2) is 0 Å². The summed E-state index contributed by atoms with van der Waals surface area (Å²) < 4.78 is 16.8. The van der Waals surface area contributed by atoms with E-state index in [1.165, 1.54) is 0 Å². The van der Waals surface area contributed by atoms with E-state index in [9.17, 15) is 4.79 Å². The number of carbonyl (C=O) groups excluding carboxylic acids is 1. The third-order valence-electron chi connectivity index (χ3n) is 3.24. The first-order chi connectivity index (χ1) is 10.6. The third-order valence-corrected chi connectivity index (χ3v) is 3.24. The molecule has 4 heteroatoms. The Morgan fingerprint density at radius 3 is 2.18 bits per heavy atom. The lowest BCUT2D eigenvalue weighted by Gasteiger charge is -2.29. The van der Waals surface area contributed by atoms with Gasteiger partial charge in [0.05, 0.1) is 7.11 Å². The summed E-state index contributed by atoms with van der Waals surface area (Å²) in [6.45, 7) is 3.80. The molecule has 0 saturated heterocycles. The Labute approximate surface area is 130 Å². The molecule has 0 fully saturated rings. The number of benzene rings is 2. The minimum atomic E-state index is -1.41. The molecule has 0 radical (unpaired) electrons. The van der Waals surface area contributed by atoms with E-state index in [0.717, 1.165) is 0 Å². The highest BCUT2D eigenvalue weighted by Crippen LogP contribution is 2.31. The zero-order chi connectivity index (χ0) is 16.0. The lowest BCUT2D eigenvalue weighted by molar-refractivity contribution is -0.131. The Morgan fingerprint density at radius 1 is 1.00 bits per heavy atom. The Kier molecular flexibility index (Phi) is 5.17. The number of ether oxygens (including phenoxy) is 3. The largest absolute Gasteiger partial charge is 0.493 e. The number of ketones is 1. The molecule has 2 rings (SSSR count). The van der Waals surface area contributed by atoms with Gasteiger partial charge in [0, 0.05) is 19.1 Å². The smallest absolute Gasteiger partial charge is 0.272 e. The molecule has 0 aliphatic heterocycles. The van der Waals surface area contributed by atoms with Crippen LogP contribution >= 0.6 is 0 Å². The first-order valence-corrected chi connectivity index (χ1v) is 7.16. The van der Waals surface area contributed by atoms with Gasteiger partial charge in [-0.15, -0.1) is 0 Å². The van der Waals surface area contributed by atoms with Gasteiger partial charge in [-0.3, -0.25) is 4.79 Å². The Morgan fingerprint density at radius 2 is 1.59 bits per heavy atom. The van der Waals surface area contributed by atoms with Gasteiger partial charge in [0.2, 0.25) is 5.78 Å².